The second kappa shape index (κ2) is 7.39. The lowest BCUT2D eigenvalue weighted by atomic mass is 9.93. The molecule has 7 heteroatoms. The van der Waals surface area contributed by atoms with Crippen LogP contribution in [0, 0.1) is 6.92 Å². The monoisotopic (exact) mass is 382 g/mol. The Bertz CT molecular complexity index is 878. The molecule has 0 saturated carbocycles. The molecule has 1 aromatic carbocycles. The molecule has 1 amide bonds. The summed E-state index contributed by atoms with van der Waals surface area (Å²) < 4.78 is 12.0. The van der Waals surface area contributed by atoms with Crippen molar-refractivity contribution in [3.8, 4) is 5.75 Å². The number of fused-ring (bicyclic) bond motifs is 1. The van der Waals surface area contributed by atoms with E-state index >= 15 is 0 Å². The van der Waals surface area contributed by atoms with Gasteiger partial charge in [-0.3, -0.25) is 4.79 Å². The van der Waals surface area contributed by atoms with E-state index in [1.807, 2.05) is 55.1 Å². The minimum Gasteiger partial charge on any atom is -0.485 e. The van der Waals surface area contributed by atoms with Crippen molar-refractivity contribution in [2.45, 2.75) is 31.9 Å². The van der Waals surface area contributed by atoms with Gasteiger partial charge in [-0.2, -0.15) is 0 Å². The molecule has 1 spiro atoms. The molecule has 1 saturated heterocycles. The fourth-order valence-corrected chi connectivity index (χ4v) is 3.81. The van der Waals surface area contributed by atoms with Gasteiger partial charge in [-0.15, -0.1) is 0 Å². The first-order valence-corrected chi connectivity index (χ1v) is 9.62. The summed E-state index contributed by atoms with van der Waals surface area (Å²) >= 11 is 0. The fourth-order valence-electron chi connectivity index (χ4n) is 3.81. The number of amides is 1. The third-order valence-corrected chi connectivity index (χ3v) is 5.43. The van der Waals surface area contributed by atoms with Crippen LogP contribution in [0.4, 0.5) is 5.95 Å². The van der Waals surface area contributed by atoms with Gasteiger partial charge >= 0.3 is 0 Å². The quantitative estimate of drug-likeness (QED) is 0.795. The summed E-state index contributed by atoms with van der Waals surface area (Å²) in [4.78, 5) is 26.0. The number of ether oxygens (including phenoxy) is 2. The summed E-state index contributed by atoms with van der Waals surface area (Å²) in [6.45, 7) is 4.17. The number of hydrogen-bond donors (Lipinski definition) is 0. The molecule has 0 radical (unpaired) electrons. The van der Waals surface area contributed by atoms with Gasteiger partial charge in [-0.05, 0) is 13.0 Å². The van der Waals surface area contributed by atoms with Gasteiger partial charge in [0, 0.05) is 45.2 Å². The van der Waals surface area contributed by atoms with Crippen LogP contribution in [-0.2, 0) is 11.3 Å². The van der Waals surface area contributed by atoms with E-state index in [0.717, 1.165) is 24.2 Å². The zero-order valence-corrected chi connectivity index (χ0v) is 16.6. The van der Waals surface area contributed by atoms with Crippen LogP contribution in [0.3, 0.4) is 0 Å². The second-order valence-corrected chi connectivity index (χ2v) is 7.73. The molecule has 148 valence electrons. The van der Waals surface area contributed by atoms with Crippen molar-refractivity contribution in [3.05, 3.63) is 47.3 Å². The third kappa shape index (κ3) is 3.54. The molecule has 3 heterocycles. The number of nitrogens with zero attached hydrogens (tertiary/aromatic N) is 4. The Labute approximate surface area is 165 Å². The standard InChI is InChI=1S/C21H26N4O3/c1-15-17(12-22-20(23-15)24(2)3)19(26)25-13-16-6-4-5-7-18(16)28-21(14-25)8-10-27-11-9-21/h4-7,12H,8-11,13-14H2,1-3H3. The van der Waals surface area contributed by atoms with E-state index in [0.29, 0.717) is 43.5 Å². The lowest BCUT2D eigenvalue weighted by Gasteiger charge is -2.39. The number of carbonyl (C=O) groups is 1. The molecule has 4 rings (SSSR count). The number of rotatable bonds is 2. The van der Waals surface area contributed by atoms with Crippen molar-refractivity contribution in [2.24, 2.45) is 0 Å². The molecule has 0 unspecified atom stereocenters. The lowest BCUT2D eigenvalue weighted by molar-refractivity contribution is -0.0551. The average Bonchev–Trinajstić information content (AvgIpc) is 2.84. The number of aromatic nitrogens is 2. The summed E-state index contributed by atoms with van der Waals surface area (Å²) in [5, 5.41) is 0. The molecule has 2 aromatic rings. The Hall–Kier alpha value is -2.67. The zero-order valence-electron chi connectivity index (χ0n) is 16.6. The van der Waals surface area contributed by atoms with E-state index in [9.17, 15) is 4.79 Å². The lowest BCUT2D eigenvalue weighted by Crippen LogP contribution is -2.51. The summed E-state index contributed by atoms with van der Waals surface area (Å²) in [5.74, 6) is 1.39. The van der Waals surface area contributed by atoms with E-state index < -0.39 is 5.60 Å². The van der Waals surface area contributed by atoms with E-state index in [-0.39, 0.29) is 5.91 Å². The van der Waals surface area contributed by atoms with Gasteiger partial charge in [0.1, 0.15) is 11.4 Å². The van der Waals surface area contributed by atoms with Crippen LogP contribution in [0.5, 0.6) is 5.75 Å². The molecule has 0 atom stereocenters. The van der Waals surface area contributed by atoms with Crippen molar-refractivity contribution in [1.82, 2.24) is 14.9 Å². The second-order valence-electron chi connectivity index (χ2n) is 7.73. The van der Waals surface area contributed by atoms with E-state index in [1.165, 1.54) is 0 Å². The first kappa shape index (κ1) is 18.7. The molecule has 28 heavy (non-hydrogen) atoms. The van der Waals surface area contributed by atoms with Gasteiger partial charge in [0.2, 0.25) is 5.95 Å². The maximum atomic E-state index is 13.4. The molecule has 2 aliphatic heterocycles. The van der Waals surface area contributed by atoms with E-state index in [1.54, 1.807) is 6.20 Å². The highest BCUT2D eigenvalue weighted by Crippen LogP contribution is 2.35. The van der Waals surface area contributed by atoms with Crippen LogP contribution in [0.2, 0.25) is 0 Å². The largest absolute Gasteiger partial charge is 0.485 e. The molecule has 0 N–H and O–H groups in total. The SMILES string of the molecule is Cc1nc(N(C)C)ncc1C(=O)N1Cc2ccccc2OC2(CCOCC2)C1. The molecular weight excluding hydrogens is 356 g/mol. The Morgan fingerprint density at radius 3 is 2.68 bits per heavy atom. The highest BCUT2D eigenvalue weighted by molar-refractivity contribution is 5.95. The van der Waals surface area contributed by atoms with Gasteiger partial charge < -0.3 is 19.3 Å². The number of benzene rings is 1. The topological polar surface area (TPSA) is 67.8 Å². The average molecular weight is 382 g/mol. The number of para-hydroxylation sites is 1. The Kier molecular flexibility index (Phi) is 4.93. The first-order chi connectivity index (χ1) is 13.5. The molecule has 0 aliphatic carbocycles. The van der Waals surface area contributed by atoms with Crippen molar-refractivity contribution in [1.29, 1.82) is 0 Å². The minimum absolute atomic E-state index is 0.0611. The van der Waals surface area contributed by atoms with E-state index in [2.05, 4.69) is 9.97 Å². The van der Waals surface area contributed by atoms with Gasteiger partial charge in [0.15, 0.2) is 0 Å². The minimum atomic E-state index is -0.418. The maximum absolute atomic E-state index is 13.4. The van der Waals surface area contributed by atoms with Crippen molar-refractivity contribution < 1.29 is 14.3 Å². The Morgan fingerprint density at radius 1 is 1.21 bits per heavy atom. The molecule has 1 aromatic heterocycles. The van der Waals surface area contributed by atoms with Crippen LogP contribution in [0.25, 0.3) is 0 Å². The molecule has 7 nitrogen and oxygen atoms in total. The Balaban J connectivity index is 1.68. The molecule has 1 fully saturated rings. The fraction of sp³-hybridized carbons (Fsp3) is 0.476. The molecular formula is C21H26N4O3. The van der Waals surface area contributed by atoms with Crippen LogP contribution in [-0.4, -0.2) is 60.2 Å². The van der Waals surface area contributed by atoms with Gasteiger partial charge in [-0.1, -0.05) is 18.2 Å². The third-order valence-electron chi connectivity index (χ3n) is 5.43. The zero-order chi connectivity index (χ0) is 19.7. The predicted octanol–water partition coefficient (Wildman–Crippen LogP) is 2.44. The number of hydrogen-bond acceptors (Lipinski definition) is 6. The molecule has 0 bridgehead atoms. The molecule has 2 aliphatic rings. The van der Waals surface area contributed by atoms with Crippen LogP contribution in [0.1, 0.15) is 34.5 Å². The van der Waals surface area contributed by atoms with Crippen molar-refractivity contribution in [3.63, 3.8) is 0 Å². The highest BCUT2D eigenvalue weighted by Gasteiger charge is 2.41. The smallest absolute Gasteiger partial charge is 0.257 e. The first-order valence-electron chi connectivity index (χ1n) is 9.62. The van der Waals surface area contributed by atoms with Gasteiger partial charge in [0.25, 0.3) is 5.91 Å². The van der Waals surface area contributed by atoms with Crippen LogP contribution >= 0.6 is 0 Å². The van der Waals surface area contributed by atoms with Gasteiger partial charge in [-0.25, -0.2) is 9.97 Å². The summed E-state index contributed by atoms with van der Waals surface area (Å²) in [7, 11) is 3.77. The van der Waals surface area contributed by atoms with Crippen molar-refractivity contribution in [2.75, 3.05) is 38.8 Å². The normalized spacial score (nSPS) is 18.2. The summed E-state index contributed by atoms with van der Waals surface area (Å²) in [6.07, 6.45) is 3.16. The Morgan fingerprint density at radius 2 is 1.96 bits per heavy atom. The predicted molar refractivity (Wildman–Crippen MR) is 106 cm³/mol. The van der Waals surface area contributed by atoms with Crippen LogP contribution in [0.15, 0.2) is 30.5 Å². The number of carbonyl (C=O) groups excluding carboxylic acids is 1. The number of aryl methyl sites for hydroxylation is 1. The van der Waals surface area contributed by atoms with E-state index in [4.69, 9.17) is 9.47 Å². The summed E-state index contributed by atoms with van der Waals surface area (Å²) in [6, 6.07) is 7.96. The highest BCUT2D eigenvalue weighted by atomic mass is 16.5. The van der Waals surface area contributed by atoms with Crippen molar-refractivity contribution >= 4 is 11.9 Å². The van der Waals surface area contributed by atoms with Gasteiger partial charge in [0.05, 0.1) is 31.0 Å². The van der Waals surface area contributed by atoms with Crippen LogP contribution < -0.4 is 9.64 Å². The number of anilines is 1. The maximum Gasteiger partial charge on any atom is 0.257 e. The summed E-state index contributed by atoms with van der Waals surface area (Å²) in [5.41, 5.74) is 1.82.